The van der Waals surface area contributed by atoms with Gasteiger partial charge in [-0.25, -0.2) is 13.6 Å². The highest BCUT2D eigenvalue weighted by Gasteiger charge is 2.11. The molecule has 3 N–H and O–H groups in total. The van der Waals surface area contributed by atoms with Crippen LogP contribution in [0.4, 0.5) is 0 Å². The quantitative estimate of drug-likeness (QED) is 0.685. The van der Waals surface area contributed by atoms with Crippen molar-refractivity contribution >= 4 is 27.3 Å². The van der Waals surface area contributed by atoms with Gasteiger partial charge >= 0.3 is 0 Å². The van der Waals surface area contributed by atoms with E-state index in [0.717, 1.165) is 29.1 Å². The molecule has 0 saturated carbocycles. The zero-order valence-electron chi connectivity index (χ0n) is 11.7. The third-order valence-corrected chi connectivity index (χ3v) is 5.41. The second kappa shape index (κ2) is 8.39. The van der Waals surface area contributed by atoms with Crippen molar-refractivity contribution < 1.29 is 13.2 Å². The van der Waals surface area contributed by atoms with Gasteiger partial charge in [0.25, 0.3) is 0 Å². The molecule has 0 aliphatic carbocycles. The largest absolute Gasteiger partial charge is 0.351 e. The number of carbonyl (C=O) groups is 1. The van der Waals surface area contributed by atoms with Crippen molar-refractivity contribution in [2.24, 2.45) is 5.14 Å². The number of rotatable bonds is 9. The number of primary sulfonamides is 1. The van der Waals surface area contributed by atoms with Crippen LogP contribution in [0.3, 0.4) is 0 Å². The van der Waals surface area contributed by atoms with Gasteiger partial charge in [-0.2, -0.15) is 0 Å². The van der Waals surface area contributed by atoms with Crippen LogP contribution in [0, 0.1) is 0 Å². The molecule has 1 aromatic rings. The van der Waals surface area contributed by atoms with Gasteiger partial charge in [0.2, 0.25) is 15.9 Å². The van der Waals surface area contributed by atoms with Gasteiger partial charge in [0, 0.05) is 11.3 Å². The lowest BCUT2D eigenvalue weighted by atomic mass is 10.1. The van der Waals surface area contributed by atoms with Crippen molar-refractivity contribution in [1.82, 2.24) is 5.32 Å². The van der Waals surface area contributed by atoms with Gasteiger partial charge in [-0.05, 0) is 18.6 Å². The molecular formula is C13H22N2O3S2. The first-order valence-corrected chi connectivity index (χ1v) is 9.18. The fraction of sp³-hybridized carbons (Fsp3) is 0.615. The minimum Gasteiger partial charge on any atom is -0.351 e. The molecule has 0 fully saturated rings. The molecule has 0 bridgehead atoms. The van der Waals surface area contributed by atoms with E-state index in [0.29, 0.717) is 13.0 Å². The van der Waals surface area contributed by atoms with Crippen molar-refractivity contribution in [2.75, 3.05) is 0 Å². The molecule has 0 atom stereocenters. The number of unbranched alkanes of at least 4 members (excludes halogenated alkanes) is 4. The summed E-state index contributed by atoms with van der Waals surface area (Å²) in [6.45, 7) is 2.51. The van der Waals surface area contributed by atoms with E-state index in [1.165, 1.54) is 25.3 Å². The minimum absolute atomic E-state index is 0.00653. The number of sulfonamides is 1. The van der Waals surface area contributed by atoms with Gasteiger partial charge in [0.05, 0.1) is 6.54 Å². The van der Waals surface area contributed by atoms with E-state index in [4.69, 9.17) is 5.14 Å². The van der Waals surface area contributed by atoms with E-state index in [-0.39, 0.29) is 10.1 Å². The van der Waals surface area contributed by atoms with Gasteiger partial charge in [-0.3, -0.25) is 4.79 Å². The van der Waals surface area contributed by atoms with Gasteiger partial charge in [0.15, 0.2) is 0 Å². The highest BCUT2D eigenvalue weighted by Crippen LogP contribution is 2.20. The van der Waals surface area contributed by atoms with Gasteiger partial charge in [-0.15, -0.1) is 11.3 Å². The van der Waals surface area contributed by atoms with Crippen LogP contribution in [0.5, 0.6) is 0 Å². The number of carbonyl (C=O) groups excluding carboxylic acids is 1. The highest BCUT2D eigenvalue weighted by atomic mass is 32.2. The molecule has 114 valence electrons. The second-order valence-electron chi connectivity index (χ2n) is 4.71. The standard InChI is InChI=1S/C13H22N2O3S2/c1-2-3-4-5-6-7-12(16)15-10-11-8-9-13(19-11)20(14,17)18/h8-9H,2-7,10H2,1H3,(H,15,16)(H2,14,17,18). The maximum atomic E-state index is 11.6. The lowest BCUT2D eigenvalue weighted by Crippen LogP contribution is -2.21. The maximum absolute atomic E-state index is 11.6. The first-order chi connectivity index (χ1) is 9.43. The molecule has 0 unspecified atom stereocenters. The molecule has 0 radical (unpaired) electrons. The molecule has 0 aromatic carbocycles. The highest BCUT2D eigenvalue weighted by molar-refractivity contribution is 7.91. The van der Waals surface area contributed by atoms with Crippen LogP contribution in [0.1, 0.15) is 50.3 Å². The Balaban J connectivity index is 2.26. The Hall–Kier alpha value is -0.920. The van der Waals surface area contributed by atoms with Crippen LogP contribution in [-0.2, 0) is 21.4 Å². The molecule has 0 aliphatic rings. The monoisotopic (exact) mass is 318 g/mol. The van der Waals surface area contributed by atoms with E-state index in [9.17, 15) is 13.2 Å². The zero-order chi connectivity index (χ0) is 15.0. The van der Waals surface area contributed by atoms with E-state index in [2.05, 4.69) is 12.2 Å². The Bertz CT molecular complexity index is 523. The zero-order valence-corrected chi connectivity index (χ0v) is 13.4. The van der Waals surface area contributed by atoms with Crippen LogP contribution < -0.4 is 10.5 Å². The van der Waals surface area contributed by atoms with E-state index in [1.54, 1.807) is 6.07 Å². The van der Waals surface area contributed by atoms with Crippen molar-refractivity contribution in [3.63, 3.8) is 0 Å². The molecule has 1 heterocycles. The third-order valence-electron chi connectivity index (χ3n) is 2.88. The molecule has 0 spiro atoms. The smallest absolute Gasteiger partial charge is 0.247 e. The predicted octanol–water partition coefficient (Wildman–Crippen LogP) is 2.37. The Labute approximate surface area is 124 Å². The maximum Gasteiger partial charge on any atom is 0.247 e. The van der Waals surface area contributed by atoms with Crippen LogP contribution in [0.15, 0.2) is 16.3 Å². The predicted molar refractivity (Wildman–Crippen MR) is 80.9 cm³/mol. The van der Waals surface area contributed by atoms with Crippen molar-refractivity contribution in [1.29, 1.82) is 0 Å². The Kier molecular flexibility index (Phi) is 7.18. The Morgan fingerprint density at radius 1 is 1.25 bits per heavy atom. The summed E-state index contributed by atoms with van der Waals surface area (Å²) in [4.78, 5) is 12.4. The van der Waals surface area contributed by atoms with E-state index in [1.807, 2.05) is 0 Å². The molecule has 20 heavy (non-hydrogen) atoms. The molecular weight excluding hydrogens is 296 g/mol. The first-order valence-electron chi connectivity index (χ1n) is 6.81. The minimum atomic E-state index is -3.64. The average molecular weight is 318 g/mol. The first kappa shape index (κ1) is 17.1. The molecule has 0 aliphatic heterocycles. The summed E-state index contributed by atoms with van der Waals surface area (Å²) in [5, 5.41) is 7.82. The molecule has 1 amide bonds. The molecule has 7 heteroatoms. The number of nitrogens with two attached hydrogens (primary N) is 1. The number of hydrogen-bond acceptors (Lipinski definition) is 4. The summed E-state index contributed by atoms with van der Waals surface area (Å²) in [7, 11) is -3.64. The molecule has 5 nitrogen and oxygen atoms in total. The molecule has 1 rings (SSSR count). The summed E-state index contributed by atoms with van der Waals surface area (Å²) in [6, 6.07) is 3.14. The van der Waals surface area contributed by atoms with Gasteiger partial charge in [-0.1, -0.05) is 32.6 Å². The Morgan fingerprint density at radius 3 is 2.55 bits per heavy atom. The van der Waals surface area contributed by atoms with Crippen molar-refractivity contribution in [2.45, 2.75) is 56.2 Å². The third kappa shape index (κ3) is 6.49. The van der Waals surface area contributed by atoms with E-state index >= 15 is 0 Å². The van der Waals surface area contributed by atoms with Crippen LogP contribution in [0.25, 0.3) is 0 Å². The van der Waals surface area contributed by atoms with Gasteiger partial charge in [0.1, 0.15) is 4.21 Å². The van der Waals surface area contributed by atoms with Crippen molar-refractivity contribution in [3.8, 4) is 0 Å². The molecule has 0 saturated heterocycles. The summed E-state index contributed by atoms with van der Waals surface area (Å²) in [5.74, 6) is 0.00653. The number of nitrogens with one attached hydrogen (secondary N) is 1. The number of amides is 1. The van der Waals surface area contributed by atoms with Crippen LogP contribution in [0.2, 0.25) is 0 Å². The Morgan fingerprint density at radius 2 is 1.95 bits per heavy atom. The summed E-state index contributed by atoms with van der Waals surface area (Å²) < 4.78 is 22.4. The lowest BCUT2D eigenvalue weighted by molar-refractivity contribution is -0.121. The van der Waals surface area contributed by atoms with Crippen LogP contribution >= 0.6 is 11.3 Å². The SMILES string of the molecule is CCCCCCCC(=O)NCc1ccc(S(N)(=O)=O)s1. The topological polar surface area (TPSA) is 89.3 Å². The fourth-order valence-corrected chi connectivity index (χ4v) is 3.49. The van der Waals surface area contributed by atoms with Crippen LogP contribution in [-0.4, -0.2) is 14.3 Å². The number of hydrogen-bond donors (Lipinski definition) is 2. The number of thiophene rings is 1. The van der Waals surface area contributed by atoms with Crippen molar-refractivity contribution in [3.05, 3.63) is 17.0 Å². The van der Waals surface area contributed by atoms with Gasteiger partial charge < -0.3 is 5.32 Å². The normalized spacial score (nSPS) is 11.5. The second-order valence-corrected chi connectivity index (χ2v) is 7.66. The molecule has 1 aromatic heterocycles. The summed E-state index contributed by atoms with van der Waals surface area (Å²) >= 11 is 1.09. The van der Waals surface area contributed by atoms with E-state index < -0.39 is 10.0 Å². The summed E-state index contributed by atoms with van der Waals surface area (Å²) in [6.07, 6.45) is 6.09. The average Bonchev–Trinajstić information content (AvgIpc) is 2.85. The fourth-order valence-electron chi connectivity index (χ4n) is 1.77. The lowest BCUT2D eigenvalue weighted by Gasteiger charge is -2.03. The summed E-state index contributed by atoms with van der Waals surface area (Å²) in [5.41, 5.74) is 0.